The number of hydrogen-bond acceptors (Lipinski definition) is 3. The van der Waals surface area contributed by atoms with Gasteiger partial charge in [0.2, 0.25) is 0 Å². The summed E-state index contributed by atoms with van der Waals surface area (Å²) in [5.41, 5.74) is 5.80. The molecule has 15 heavy (non-hydrogen) atoms. The van der Waals surface area contributed by atoms with Gasteiger partial charge in [-0.2, -0.15) is 0 Å². The van der Waals surface area contributed by atoms with Crippen LogP contribution in [0.1, 0.15) is 33.1 Å². The quantitative estimate of drug-likeness (QED) is 0.604. The topological polar surface area (TPSA) is 41.3 Å². The summed E-state index contributed by atoms with van der Waals surface area (Å²) in [6.45, 7) is 8.56. The maximum absolute atomic E-state index is 5.80. The molecule has 0 aliphatic carbocycles. The minimum atomic E-state index is 0. The number of rotatable bonds is 4. The summed E-state index contributed by atoms with van der Waals surface area (Å²) in [5.74, 6) is 0. The van der Waals surface area contributed by atoms with E-state index in [4.69, 9.17) is 5.73 Å². The maximum Gasteiger partial charge on any atom is 0.00631 e. The summed E-state index contributed by atoms with van der Waals surface area (Å²) < 4.78 is 0. The van der Waals surface area contributed by atoms with Gasteiger partial charge in [-0.1, -0.05) is 13.8 Å². The molecule has 1 heterocycles. The number of hydrogen-bond donors (Lipinski definition) is 2. The zero-order valence-corrected chi connectivity index (χ0v) is 13.2. The maximum atomic E-state index is 5.80. The van der Waals surface area contributed by atoms with Crippen LogP contribution in [-0.4, -0.2) is 37.1 Å². The largest absolute Gasteiger partial charge is 0.473 e. The van der Waals surface area contributed by atoms with Crippen molar-refractivity contribution >= 4 is 0 Å². The van der Waals surface area contributed by atoms with Crippen molar-refractivity contribution in [3.8, 4) is 0 Å². The smallest absolute Gasteiger partial charge is 0.00631 e. The van der Waals surface area contributed by atoms with Gasteiger partial charge in [-0.05, 0) is 45.4 Å². The SMILES string of the molecule is CC.[CH2-]NCCCN1CCC(N)CC1.[Y]. The number of likely N-dealkylation sites (tertiary alicyclic amines) is 1. The number of nitrogens with two attached hydrogens (primary N) is 1. The predicted octanol–water partition coefficient (Wildman–Crippen LogP) is 1.20. The molecule has 0 atom stereocenters. The van der Waals surface area contributed by atoms with Crippen LogP contribution in [0.3, 0.4) is 0 Å². The first kappa shape index (κ1) is 18.4. The Labute approximate surface area is 120 Å². The molecule has 0 aromatic heterocycles. The fourth-order valence-electron chi connectivity index (χ4n) is 1.60. The van der Waals surface area contributed by atoms with Gasteiger partial charge in [-0.25, -0.2) is 0 Å². The Morgan fingerprint density at radius 1 is 1.33 bits per heavy atom. The molecule has 0 saturated carbocycles. The Morgan fingerprint density at radius 2 is 1.87 bits per heavy atom. The normalized spacial score (nSPS) is 17.6. The van der Waals surface area contributed by atoms with Crippen molar-refractivity contribution in [2.24, 2.45) is 5.73 Å². The van der Waals surface area contributed by atoms with E-state index in [9.17, 15) is 0 Å². The molecule has 1 radical (unpaired) electrons. The molecule has 1 saturated heterocycles. The Hall–Kier alpha value is 0.984. The van der Waals surface area contributed by atoms with Crippen LogP contribution in [0.4, 0.5) is 0 Å². The Bertz CT molecular complexity index is 114. The summed E-state index contributed by atoms with van der Waals surface area (Å²) >= 11 is 0. The molecule has 0 aromatic rings. The van der Waals surface area contributed by atoms with Crippen molar-refractivity contribution < 1.29 is 32.7 Å². The van der Waals surface area contributed by atoms with E-state index in [1.165, 1.54) is 26.1 Å². The Balaban J connectivity index is 0. The summed E-state index contributed by atoms with van der Waals surface area (Å²) in [7, 11) is 3.59. The minimum Gasteiger partial charge on any atom is -0.473 e. The molecule has 3 N–H and O–H groups in total. The van der Waals surface area contributed by atoms with E-state index in [1.807, 2.05) is 13.8 Å². The van der Waals surface area contributed by atoms with Gasteiger partial charge in [0.1, 0.15) is 0 Å². The molecule has 1 fully saturated rings. The van der Waals surface area contributed by atoms with Crippen LogP contribution in [-0.2, 0) is 32.7 Å². The molecule has 0 amide bonds. The molecule has 1 aliphatic heterocycles. The van der Waals surface area contributed by atoms with Gasteiger partial charge in [-0.15, -0.1) is 0 Å². The van der Waals surface area contributed by atoms with Crippen molar-refractivity contribution in [1.82, 2.24) is 10.2 Å². The van der Waals surface area contributed by atoms with Crippen LogP contribution in [0.2, 0.25) is 0 Å². The molecule has 0 bridgehead atoms. The standard InChI is InChI=1S/C9H20N3.C2H6.Y/c1-11-5-2-6-12-7-3-9(10)4-8-12;1-2;/h9,11H,1-8,10H2;1-2H3;/q-1;;. The van der Waals surface area contributed by atoms with Gasteiger partial charge in [0.05, 0.1) is 0 Å². The third-order valence-electron chi connectivity index (χ3n) is 2.46. The van der Waals surface area contributed by atoms with Gasteiger partial charge in [0.15, 0.2) is 0 Å². The third kappa shape index (κ3) is 9.89. The Morgan fingerprint density at radius 3 is 2.33 bits per heavy atom. The first-order valence-corrected chi connectivity index (χ1v) is 5.81. The van der Waals surface area contributed by atoms with E-state index in [1.54, 1.807) is 0 Å². The van der Waals surface area contributed by atoms with Crippen LogP contribution < -0.4 is 11.1 Å². The van der Waals surface area contributed by atoms with Gasteiger partial charge < -0.3 is 16.0 Å². The molecule has 0 aromatic carbocycles. The zero-order valence-electron chi connectivity index (χ0n) is 10.3. The fourth-order valence-corrected chi connectivity index (χ4v) is 1.60. The Kier molecular flexibility index (Phi) is 16.0. The molecule has 0 unspecified atom stereocenters. The van der Waals surface area contributed by atoms with E-state index in [0.29, 0.717) is 6.04 Å². The number of piperidine rings is 1. The molecule has 1 aliphatic rings. The molecule has 1 rings (SSSR count). The van der Waals surface area contributed by atoms with Gasteiger partial charge >= 0.3 is 0 Å². The van der Waals surface area contributed by atoms with Crippen LogP contribution in [0.15, 0.2) is 0 Å². The van der Waals surface area contributed by atoms with Crippen LogP contribution in [0.25, 0.3) is 0 Å². The molecule has 0 spiro atoms. The minimum absolute atomic E-state index is 0. The molecular weight excluding hydrogens is 263 g/mol. The first-order chi connectivity index (χ1) is 6.83. The van der Waals surface area contributed by atoms with E-state index in [-0.39, 0.29) is 32.7 Å². The van der Waals surface area contributed by atoms with Crippen LogP contribution in [0.5, 0.6) is 0 Å². The van der Waals surface area contributed by atoms with Crippen molar-refractivity contribution in [2.45, 2.75) is 39.2 Å². The van der Waals surface area contributed by atoms with E-state index in [0.717, 1.165) is 19.4 Å². The van der Waals surface area contributed by atoms with Gasteiger partial charge in [-0.3, -0.25) is 7.05 Å². The molecule has 4 heteroatoms. The molecule has 3 nitrogen and oxygen atoms in total. The van der Waals surface area contributed by atoms with Crippen LogP contribution >= 0.6 is 0 Å². The third-order valence-corrected chi connectivity index (χ3v) is 2.46. The van der Waals surface area contributed by atoms with Crippen LogP contribution in [0, 0.1) is 7.05 Å². The predicted molar refractivity (Wildman–Crippen MR) is 63.0 cm³/mol. The summed E-state index contributed by atoms with van der Waals surface area (Å²) in [4.78, 5) is 2.49. The van der Waals surface area contributed by atoms with Crippen molar-refractivity contribution in [1.29, 1.82) is 0 Å². The van der Waals surface area contributed by atoms with Gasteiger partial charge in [0, 0.05) is 38.8 Å². The zero-order chi connectivity index (χ0) is 10.8. The second-order valence-corrected chi connectivity index (χ2v) is 3.53. The summed E-state index contributed by atoms with van der Waals surface area (Å²) in [6, 6.07) is 0.451. The average Bonchev–Trinajstić information content (AvgIpc) is 2.24. The number of nitrogens with one attached hydrogen (secondary N) is 1. The summed E-state index contributed by atoms with van der Waals surface area (Å²) in [5, 5.41) is 2.91. The monoisotopic (exact) mass is 289 g/mol. The second-order valence-electron chi connectivity index (χ2n) is 3.53. The van der Waals surface area contributed by atoms with Gasteiger partial charge in [0.25, 0.3) is 0 Å². The van der Waals surface area contributed by atoms with E-state index < -0.39 is 0 Å². The molecular formula is C11H26N3Y-. The molecule has 89 valence electrons. The average molecular weight is 289 g/mol. The van der Waals surface area contributed by atoms with E-state index >= 15 is 0 Å². The first-order valence-electron chi connectivity index (χ1n) is 5.81. The fraction of sp³-hybridized carbons (Fsp3) is 0.909. The summed E-state index contributed by atoms with van der Waals surface area (Å²) in [6.07, 6.45) is 3.52. The van der Waals surface area contributed by atoms with Crippen molar-refractivity contribution in [3.05, 3.63) is 7.05 Å². The van der Waals surface area contributed by atoms with Crippen molar-refractivity contribution in [3.63, 3.8) is 0 Å². The van der Waals surface area contributed by atoms with Crippen molar-refractivity contribution in [2.75, 3.05) is 26.2 Å². The number of nitrogens with zero attached hydrogens (tertiary/aromatic N) is 1. The van der Waals surface area contributed by atoms with E-state index in [2.05, 4.69) is 17.3 Å². The second kappa shape index (κ2) is 13.1.